The number of rotatable bonds is 4. The van der Waals surface area contributed by atoms with Crippen LogP contribution in [0.25, 0.3) is 0 Å². The van der Waals surface area contributed by atoms with Crippen molar-refractivity contribution < 1.29 is 4.74 Å². The number of hydrogen-bond donors (Lipinski definition) is 1. The lowest BCUT2D eigenvalue weighted by Gasteiger charge is -2.07. The molecule has 4 heteroatoms. The van der Waals surface area contributed by atoms with Crippen molar-refractivity contribution in [2.75, 3.05) is 6.61 Å². The predicted molar refractivity (Wildman–Crippen MR) is 74.7 cm³/mol. The van der Waals surface area contributed by atoms with Gasteiger partial charge in [-0.3, -0.25) is 4.79 Å². The molecule has 2 aromatic rings. The zero-order chi connectivity index (χ0) is 13.8. The first kappa shape index (κ1) is 13.3. The monoisotopic (exact) mass is 258 g/mol. The Morgan fingerprint density at radius 1 is 1.21 bits per heavy atom. The SMILES string of the molecule is CCOc1ccc(Cc2c(C)nc(C)[nH]c2=O)cc1. The number of H-pyrrole nitrogens is 1. The summed E-state index contributed by atoms with van der Waals surface area (Å²) in [5.74, 6) is 1.50. The van der Waals surface area contributed by atoms with Crippen molar-refractivity contribution in [1.82, 2.24) is 9.97 Å². The summed E-state index contributed by atoms with van der Waals surface area (Å²) in [4.78, 5) is 19.0. The second-order valence-corrected chi connectivity index (χ2v) is 4.47. The summed E-state index contributed by atoms with van der Waals surface area (Å²) in [5.41, 5.74) is 2.52. The zero-order valence-corrected chi connectivity index (χ0v) is 11.5. The summed E-state index contributed by atoms with van der Waals surface area (Å²) in [5, 5.41) is 0. The summed E-state index contributed by atoms with van der Waals surface area (Å²) in [6.07, 6.45) is 0.584. The molecular weight excluding hydrogens is 240 g/mol. The lowest BCUT2D eigenvalue weighted by Crippen LogP contribution is -2.18. The number of aryl methyl sites for hydroxylation is 2. The Hall–Kier alpha value is -2.10. The number of benzene rings is 1. The smallest absolute Gasteiger partial charge is 0.254 e. The standard InChI is InChI=1S/C15H18N2O2/c1-4-19-13-7-5-12(6-8-13)9-14-10(2)16-11(3)17-15(14)18/h5-8H,4,9H2,1-3H3,(H,16,17,18). The van der Waals surface area contributed by atoms with Crippen LogP contribution in [0, 0.1) is 13.8 Å². The Morgan fingerprint density at radius 3 is 2.47 bits per heavy atom. The van der Waals surface area contributed by atoms with Gasteiger partial charge in [0.2, 0.25) is 0 Å². The molecule has 1 aromatic carbocycles. The van der Waals surface area contributed by atoms with E-state index < -0.39 is 0 Å². The topological polar surface area (TPSA) is 55.0 Å². The molecule has 1 heterocycles. The number of aromatic nitrogens is 2. The van der Waals surface area contributed by atoms with E-state index in [9.17, 15) is 4.79 Å². The van der Waals surface area contributed by atoms with Crippen LogP contribution in [0.1, 0.15) is 29.6 Å². The van der Waals surface area contributed by atoms with Crippen LogP contribution in [0.5, 0.6) is 5.75 Å². The molecule has 0 saturated carbocycles. The van der Waals surface area contributed by atoms with Crippen LogP contribution in [-0.4, -0.2) is 16.6 Å². The van der Waals surface area contributed by atoms with E-state index in [4.69, 9.17) is 4.74 Å². The molecule has 1 aromatic heterocycles. The quantitative estimate of drug-likeness (QED) is 0.916. The molecule has 100 valence electrons. The first-order valence-electron chi connectivity index (χ1n) is 6.38. The Bertz CT molecular complexity index is 615. The van der Waals surface area contributed by atoms with E-state index in [1.807, 2.05) is 38.1 Å². The van der Waals surface area contributed by atoms with Gasteiger partial charge in [-0.25, -0.2) is 4.98 Å². The van der Waals surface area contributed by atoms with Crippen molar-refractivity contribution in [2.45, 2.75) is 27.2 Å². The Kier molecular flexibility index (Phi) is 4.00. The van der Waals surface area contributed by atoms with Crippen LogP contribution in [0.4, 0.5) is 0 Å². The van der Waals surface area contributed by atoms with Gasteiger partial charge in [0, 0.05) is 17.7 Å². The fraction of sp³-hybridized carbons (Fsp3) is 0.333. The van der Waals surface area contributed by atoms with E-state index in [1.165, 1.54) is 0 Å². The van der Waals surface area contributed by atoms with Gasteiger partial charge >= 0.3 is 0 Å². The molecule has 4 nitrogen and oxygen atoms in total. The highest BCUT2D eigenvalue weighted by molar-refractivity contribution is 5.32. The van der Waals surface area contributed by atoms with Crippen molar-refractivity contribution >= 4 is 0 Å². The zero-order valence-electron chi connectivity index (χ0n) is 11.5. The molecule has 0 saturated heterocycles. The minimum Gasteiger partial charge on any atom is -0.494 e. The van der Waals surface area contributed by atoms with Crippen LogP contribution in [0.3, 0.4) is 0 Å². The van der Waals surface area contributed by atoms with Crippen LogP contribution in [0.15, 0.2) is 29.1 Å². The predicted octanol–water partition coefficient (Wildman–Crippen LogP) is 2.38. The third-order valence-corrected chi connectivity index (χ3v) is 2.96. The van der Waals surface area contributed by atoms with E-state index in [1.54, 1.807) is 6.92 Å². The number of ether oxygens (including phenoxy) is 1. The maximum absolute atomic E-state index is 11.9. The first-order valence-corrected chi connectivity index (χ1v) is 6.38. The van der Waals surface area contributed by atoms with Gasteiger partial charge in [-0.15, -0.1) is 0 Å². The molecule has 0 amide bonds. The number of nitrogens with one attached hydrogen (secondary N) is 1. The van der Waals surface area contributed by atoms with E-state index in [0.29, 0.717) is 18.9 Å². The molecule has 19 heavy (non-hydrogen) atoms. The number of nitrogens with zero attached hydrogens (tertiary/aromatic N) is 1. The molecule has 2 rings (SSSR count). The van der Waals surface area contributed by atoms with Gasteiger partial charge in [0.1, 0.15) is 11.6 Å². The Morgan fingerprint density at radius 2 is 1.89 bits per heavy atom. The summed E-state index contributed by atoms with van der Waals surface area (Å²) >= 11 is 0. The van der Waals surface area contributed by atoms with Crippen LogP contribution in [-0.2, 0) is 6.42 Å². The van der Waals surface area contributed by atoms with Gasteiger partial charge < -0.3 is 9.72 Å². The summed E-state index contributed by atoms with van der Waals surface area (Å²) in [6.45, 7) is 6.26. The summed E-state index contributed by atoms with van der Waals surface area (Å²) < 4.78 is 5.39. The minimum absolute atomic E-state index is 0.0566. The van der Waals surface area contributed by atoms with Crippen molar-refractivity contribution in [3.05, 3.63) is 57.3 Å². The highest BCUT2D eigenvalue weighted by Crippen LogP contribution is 2.14. The van der Waals surface area contributed by atoms with E-state index in [2.05, 4.69) is 9.97 Å². The molecule has 0 aliphatic rings. The summed E-state index contributed by atoms with van der Waals surface area (Å²) in [6, 6.07) is 7.79. The first-order chi connectivity index (χ1) is 9.10. The fourth-order valence-electron chi connectivity index (χ4n) is 2.03. The average Bonchev–Trinajstić information content (AvgIpc) is 2.36. The van der Waals surface area contributed by atoms with Crippen LogP contribution >= 0.6 is 0 Å². The van der Waals surface area contributed by atoms with Gasteiger partial charge in [-0.1, -0.05) is 12.1 Å². The highest BCUT2D eigenvalue weighted by atomic mass is 16.5. The summed E-state index contributed by atoms with van der Waals surface area (Å²) in [7, 11) is 0. The Labute approximate surface area is 112 Å². The van der Waals surface area contributed by atoms with E-state index in [0.717, 1.165) is 22.6 Å². The lowest BCUT2D eigenvalue weighted by atomic mass is 10.0. The van der Waals surface area contributed by atoms with Gasteiger partial charge in [0.05, 0.1) is 6.61 Å². The molecule has 0 radical (unpaired) electrons. The van der Waals surface area contributed by atoms with Crippen LogP contribution in [0.2, 0.25) is 0 Å². The third kappa shape index (κ3) is 3.22. The Balaban J connectivity index is 2.24. The molecule has 0 aliphatic carbocycles. The molecule has 1 N–H and O–H groups in total. The van der Waals surface area contributed by atoms with Crippen molar-refractivity contribution in [2.24, 2.45) is 0 Å². The molecule has 0 fully saturated rings. The van der Waals surface area contributed by atoms with Gasteiger partial charge in [-0.05, 0) is 38.5 Å². The van der Waals surface area contributed by atoms with E-state index in [-0.39, 0.29) is 5.56 Å². The normalized spacial score (nSPS) is 10.5. The third-order valence-electron chi connectivity index (χ3n) is 2.96. The largest absolute Gasteiger partial charge is 0.494 e. The maximum atomic E-state index is 11.9. The molecular formula is C15H18N2O2. The highest BCUT2D eigenvalue weighted by Gasteiger charge is 2.07. The van der Waals surface area contributed by atoms with Crippen LogP contribution < -0.4 is 10.3 Å². The van der Waals surface area contributed by atoms with Gasteiger partial charge in [0.15, 0.2) is 0 Å². The molecule has 0 atom stereocenters. The fourth-order valence-corrected chi connectivity index (χ4v) is 2.03. The minimum atomic E-state index is -0.0566. The average molecular weight is 258 g/mol. The van der Waals surface area contributed by atoms with E-state index >= 15 is 0 Å². The van der Waals surface area contributed by atoms with Gasteiger partial charge in [0.25, 0.3) is 5.56 Å². The number of aromatic amines is 1. The lowest BCUT2D eigenvalue weighted by molar-refractivity contribution is 0.340. The van der Waals surface area contributed by atoms with Crippen molar-refractivity contribution in [1.29, 1.82) is 0 Å². The maximum Gasteiger partial charge on any atom is 0.254 e. The molecule has 0 aliphatic heterocycles. The van der Waals surface area contributed by atoms with Crippen molar-refractivity contribution in [3.63, 3.8) is 0 Å². The second-order valence-electron chi connectivity index (χ2n) is 4.47. The second kappa shape index (κ2) is 5.69. The molecule has 0 bridgehead atoms. The molecule has 0 unspecified atom stereocenters. The number of hydrogen-bond acceptors (Lipinski definition) is 3. The molecule has 0 spiro atoms. The van der Waals surface area contributed by atoms with Gasteiger partial charge in [-0.2, -0.15) is 0 Å². The van der Waals surface area contributed by atoms with Crippen molar-refractivity contribution in [3.8, 4) is 5.75 Å².